The molecular formula is C58H43N3. The maximum Gasteiger partial charge on any atom is 0.0797 e. The highest BCUT2D eigenvalue weighted by Crippen LogP contribution is 2.54. The Balaban J connectivity index is 1.01. The van der Waals surface area contributed by atoms with Crippen LogP contribution in [0.25, 0.3) is 55.3 Å². The molecule has 290 valence electrons. The van der Waals surface area contributed by atoms with Gasteiger partial charge in [-0.3, -0.25) is 4.99 Å². The molecule has 8 aromatic carbocycles. The quantitative estimate of drug-likeness (QED) is 0.165. The molecule has 0 spiro atoms. The Morgan fingerprint density at radius 3 is 1.97 bits per heavy atom. The topological polar surface area (TPSA) is 20.5 Å². The van der Waals surface area contributed by atoms with Crippen molar-refractivity contribution in [1.82, 2.24) is 4.57 Å². The highest BCUT2D eigenvalue weighted by atomic mass is 15.1. The van der Waals surface area contributed by atoms with Gasteiger partial charge in [0.15, 0.2) is 0 Å². The van der Waals surface area contributed by atoms with E-state index in [0.29, 0.717) is 0 Å². The van der Waals surface area contributed by atoms with Crippen molar-refractivity contribution in [2.75, 3.05) is 4.90 Å². The van der Waals surface area contributed by atoms with Gasteiger partial charge in [0.05, 0.1) is 28.5 Å². The van der Waals surface area contributed by atoms with Crippen LogP contribution in [0.3, 0.4) is 0 Å². The predicted molar refractivity (Wildman–Crippen MR) is 256 cm³/mol. The zero-order valence-corrected chi connectivity index (χ0v) is 34.3. The molecule has 1 aliphatic heterocycles. The largest absolute Gasteiger partial charge is 0.310 e. The van der Waals surface area contributed by atoms with Crippen molar-refractivity contribution in [2.24, 2.45) is 4.99 Å². The van der Waals surface area contributed by atoms with Crippen molar-refractivity contribution in [3.05, 3.63) is 234 Å². The van der Waals surface area contributed by atoms with Gasteiger partial charge < -0.3 is 9.47 Å². The molecule has 0 amide bonds. The summed E-state index contributed by atoms with van der Waals surface area (Å²) in [7, 11) is 0. The van der Waals surface area contributed by atoms with E-state index in [1.165, 1.54) is 77.6 Å². The molecule has 61 heavy (non-hydrogen) atoms. The zero-order chi connectivity index (χ0) is 40.7. The SMILES string of the molecule is CC1(C)c2ccccc2-c2c(N(c3ccc(C4=NC5CC=CC=C5c5ccccc54)cc3)c3ccc(-c4cccc5c4c4ccccc4n5-c4ccccc4)cc3)cccc21. The van der Waals surface area contributed by atoms with Gasteiger partial charge in [-0.2, -0.15) is 0 Å². The Kier molecular flexibility index (Phi) is 8.02. The van der Waals surface area contributed by atoms with Crippen molar-refractivity contribution in [1.29, 1.82) is 0 Å². The molecule has 0 bridgehead atoms. The summed E-state index contributed by atoms with van der Waals surface area (Å²) in [6.45, 7) is 4.71. The third kappa shape index (κ3) is 5.47. The van der Waals surface area contributed by atoms with E-state index in [4.69, 9.17) is 4.99 Å². The number of anilines is 3. The third-order valence-electron chi connectivity index (χ3n) is 13.3. The van der Waals surface area contributed by atoms with Crippen LogP contribution < -0.4 is 4.90 Å². The number of rotatable bonds is 6. The Bertz CT molecular complexity index is 3290. The van der Waals surface area contributed by atoms with Gasteiger partial charge in [0.1, 0.15) is 0 Å². The van der Waals surface area contributed by atoms with Gasteiger partial charge in [0.2, 0.25) is 0 Å². The first-order valence-corrected chi connectivity index (χ1v) is 21.4. The van der Waals surface area contributed by atoms with Gasteiger partial charge in [0, 0.05) is 49.9 Å². The summed E-state index contributed by atoms with van der Waals surface area (Å²) in [4.78, 5) is 7.83. The lowest BCUT2D eigenvalue weighted by molar-refractivity contribution is 0.660. The van der Waals surface area contributed by atoms with E-state index >= 15 is 0 Å². The van der Waals surface area contributed by atoms with Crippen LogP contribution in [0.15, 0.2) is 211 Å². The molecule has 12 rings (SSSR count). The normalized spacial score (nSPS) is 15.7. The van der Waals surface area contributed by atoms with E-state index in [1.807, 2.05) is 0 Å². The van der Waals surface area contributed by atoms with Crippen molar-refractivity contribution in [3.8, 4) is 27.9 Å². The molecule has 9 aromatic rings. The fraction of sp³-hybridized carbons (Fsp3) is 0.0862. The lowest BCUT2D eigenvalue weighted by Gasteiger charge is -2.30. The average Bonchev–Trinajstić information content (AvgIpc) is 3.78. The van der Waals surface area contributed by atoms with E-state index < -0.39 is 0 Å². The van der Waals surface area contributed by atoms with E-state index in [0.717, 1.165) is 34.8 Å². The molecule has 0 saturated heterocycles. The summed E-state index contributed by atoms with van der Waals surface area (Å²) >= 11 is 0. The van der Waals surface area contributed by atoms with Crippen LogP contribution in [0.4, 0.5) is 17.1 Å². The van der Waals surface area contributed by atoms with Gasteiger partial charge in [-0.1, -0.05) is 166 Å². The van der Waals surface area contributed by atoms with Crippen LogP contribution in [-0.4, -0.2) is 16.3 Å². The molecule has 3 heteroatoms. The van der Waals surface area contributed by atoms with Crippen molar-refractivity contribution in [3.63, 3.8) is 0 Å². The molecule has 3 aliphatic rings. The molecule has 0 fully saturated rings. The minimum absolute atomic E-state index is 0.118. The van der Waals surface area contributed by atoms with Crippen LogP contribution >= 0.6 is 0 Å². The number of fused-ring (bicyclic) bond motifs is 9. The van der Waals surface area contributed by atoms with Crippen molar-refractivity contribution in [2.45, 2.75) is 31.7 Å². The number of nitrogens with zero attached hydrogens (tertiary/aromatic N) is 3. The fourth-order valence-corrected chi connectivity index (χ4v) is 10.4. The highest BCUT2D eigenvalue weighted by Gasteiger charge is 2.38. The smallest absolute Gasteiger partial charge is 0.0797 e. The first kappa shape index (κ1) is 35.5. The monoisotopic (exact) mass is 781 g/mol. The first-order valence-electron chi connectivity index (χ1n) is 21.4. The van der Waals surface area contributed by atoms with E-state index in [-0.39, 0.29) is 11.5 Å². The molecule has 0 saturated carbocycles. The summed E-state index contributed by atoms with van der Waals surface area (Å²) in [6, 6.07) is 69.2. The van der Waals surface area contributed by atoms with E-state index in [2.05, 4.69) is 230 Å². The second kappa shape index (κ2) is 13.8. The van der Waals surface area contributed by atoms with Gasteiger partial charge in [-0.05, 0) is 100.0 Å². The minimum Gasteiger partial charge on any atom is -0.310 e. The molecule has 0 N–H and O–H groups in total. The van der Waals surface area contributed by atoms with Crippen molar-refractivity contribution < 1.29 is 0 Å². The molecule has 1 unspecified atom stereocenters. The molecule has 3 nitrogen and oxygen atoms in total. The maximum atomic E-state index is 5.37. The van der Waals surface area contributed by atoms with Crippen LogP contribution in [-0.2, 0) is 5.41 Å². The number of hydrogen-bond donors (Lipinski definition) is 0. The average molecular weight is 782 g/mol. The maximum absolute atomic E-state index is 5.37. The van der Waals surface area contributed by atoms with Crippen LogP contribution in [0, 0.1) is 0 Å². The predicted octanol–water partition coefficient (Wildman–Crippen LogP) is 14.8. The molecular weight excluding hydrogens is 739 g/mol. The van der Waals surface area contributed by atoms with Crippen LogP contribution in [0.1, 0.15) is 48.1 Å². The Morgan fingerprint density at radius 1 is 0.541 bits per heavy atom. The highest BCUT2D eigenvalue weighted by molar-refractivity contribution is 6.18. The number of aliphatic imine (C=N–C) groups is 1. The second-order valence-corrected chi connectivity index (χ2v) is 17.0. The number of para-hydroxylation sites is 2. The summed E-state index contributed by atoms with van der Waals surface area (Å²) in [6.07, 6.45) is 7.56. The minimum atomic E-state index is -0.118. The lowest BCUT2D eigenvalue weighted by atomic mass is 9.82. The number of hydrogen-bond acceptors (Lipinski definition) is 2. The summed E-state index contributed by atoms with van der Waals surface area (Å²) < 4.78 is 2.39. The van der Waals surface area contributed by atoms with Gasteiger partial charge in [-0.15, -0.1) is 0 Å². The van der Waals surface area contributed by atoms with E-state index in [1.54, 1.807) is 0 Å². The number of aromatic nitrogens is 1. The Hall–Kier alpha value is -7.49. The van der Waals surface area contributed by atoms with E-state index in [9.17, 15) is 0 Å². The summed E-state index contributed by atoms with van der Waals surface area (Å²) in [5.74, 6) is 0. The molecule has 1 aromatic heterocycles. The van der Waals surface area contributed by atoms with Gasteiger partial charge >= 0.3 is 0 Å². The Morgan fingerprint density at radius 2 is 1.16 bits per heavy atom. The standard InChI is InChI=1S/C58H43N3/c1-58(2)49-24-11-8-21-47(49)56-50(58)25-15-29-54(56)60(42-36-32-39(33-37-42)57-46-20-7-6-18-44(46)45-19-9-12-26-51(45)59-57)41-34-30-38(31-35-41)43-23-14-28-53-55(43)48-22-10-13-27-52(48)61(53)40-16-4-3-5-17-40/h3-25,27-37,51H,26H2,1-2H3. The van der Waals surface area contributed by atoms with Gasteiger partial charge in [-0.25, -0.2) is 0 Å². The lowest BCUT2D eigenvalue weighted by Crippen LogP contribution is -2.21. The molecule has 2 aliphatic carbocycles. The molecule has 2 heterocycles. The van der Waals surface area contributed by atoms with Gasteiger partial charge in [0.25, 0.3) is 0 Å². The first-order chi connectivity index (χ1) is 30.0. The van der Waals surface area contributed by atoms with Crippen LogP contribution in [0.5, 0.6) is 0 Å². The zero-order valence-electron chi connectivity index (χ0n) is 34.3. The second-order valence-electron chi connectivity index (χ2n) is 17.0. The van der Waals surface area contributed by atoms with Crippen LogP contribution in [0.2, 0.25) is 0 Å². The Labute approximate surface area is 356 Å². The molecule has 0 radical (unpaired) electrons. The van der Waals surface area contributed by atoms with Crippen molar-refractivity contribution >= 4 is 50.2 Å². The summed E-state index contributed by atoms with van der Waals surface area (Å²) in [5.41, 5.74) is 20.6. The summed E-state index contributed by atoms with van der Waals surface area (Å²) in [5, 5.41) is 2.52. The number of allylic oxidation sites excluding steroid dienone is 2. The third-order valence-corrected chi connectivity index (χ3v) is 13.3. The fourth-order valence-electron chi connectivity index (χ4n) is 10.4. The number of benzene rings is 8. The molecule has 1 atom stereocenters.